The van der Waals surface area contributed by atoms with Crippen molar-refractivity contribution in [3.05, 3.63) is 89.2 Å². The van der Waals surface area contributed by atoms with Gasteiger partial charge in [-0.05, 0) is 43.5 Å². The minimum atomic E-state index is -1.41. The number of hydrogen-bond acceptors (Lipinski definition) is 9. The monoisotopic (exact) mass is 551 g/mol. The zero-order valence-corrected chi connectivity index (χ0v) is 22.5. The number of fused-ring (bicyclic) bond motifs is 1. The lowest BCUT2D eigenvalue weighted by atomic mass is 9.85. The smallest absolute Gasteiger partial charge is 0.337 e. The quantitative estimate of drug-likeness (QED) is 0.259. The molecule has 206 valence electrons. The van der Waals surface area contributed by atoms with Crippen molar-refractivity contribution in [3.8, 4) is 5.75 Å². The Balaban J connectivity index is 0.000000270. The molecule has 9 nitrogen and oxygen atoms in total. The molecule has 2 aromatic heterocycles. The number of benzene rings is 2. The summed E-state index contributed by atoms with van der Waals surface area (Å²) in [5.41, 5.74) is 1.37. The number of aliphatic hydroxyl groups is 3. The van der Waals surface area contributed by atoms with Gasteiger partial charge >= 0.3 is 5.97 Å². The third-order valence-corrected chi connectivity index (χ3v) is 7.56. The van der Waals surface area contributed by atoms with Gasteiger partial charge < -0.3 is 30.1 Å². The van der Waals surface area contributed by atoms with Crippen molar-refractivity contribution in [3.63, 3.8) is 0 Å². The molecule has 1 fully saturated rings. The van der Waals surface area contributed by atoms with Crippen LogP contribution in [0.1, 0.15) is 35.1 Å². The summed E-state index contributed by atoms with van der Waals surface area (Å²) in [6.45, 7) is 4.21. The number of rotatable bonds is 8. The first-order chi connectivity index (χ1) is 18.7. The van der Waals surface area contributed by atoms with Gasteiger partial charge in [-0.3, -0.25) is 4.98 Å². The average Bonchev–Trinajstić information content (AvgIpc) is 3.33. The van der Waals surface area contributed by atoms with E-state index in [0.29, 0.717) is 24.9 Å². The van der Waals surface area contributed by atoms with E-state index < -0.39 is 23.8 Å². The van der Waals surface area contributed by atoms with Crippen LogP contribution in [0.15, 0.2) is 73.1 Å². The molecule has 1 aliphatic heterocycles. The molecule has 5 rings (SSSR count). The standard InChI is InChI=1S/C21H25N3O3S.C8H8O3/c1-15-23-19-11-18(4-5-20(19)28-15)27-14-17(25)13-24-9-6-21(26,7-10-24)16-3-2-8-22-12-16;9-7(8(10)11)6-4-2-1-3-5-6/h2-5,8,11-12,17,25-26H,6-7,9-10,13-14H2,1H3;1-5,7,9H,(H,10,11). The maximum atomic E-state index is 10.9. The molecule has 10 heteroatoms. The second-order valence-electron chi connectivity index (χ2n) is 9.55. The molecule has 2 unspecified atom stereocenters. The van der Waals surface area contributed by atoms with Gasteiger partial charge in [0.2, 0.25) is 0 Å². The van der Waals surface area contributed by atoms with Gasteiger partial charge in [0.15, 0.2) is 6.10 Å². The number of likely N-dealkylation sites (tertiary alicyclic amines) is 1. The van der Waals surface area contributed by atoms with Crippen LogP contribution in [0.5, 0.6) is 5.75 Å². The molecule has 0 spiro atoms. The Kier molecular flexibility index (Phi) is 9.60. The molecular formula is C29H33N3O6S. The van der Waals surface area contributed by atoms with Crippen LogP contribution in [-0.2, 0) is 10.4 Å². The minimum Gasteiger partial charge on any atom is -0.491 e. The van der Waals surface area contributed by atoms with Gasteiger partial charge in [0.1, 0.15) is 18.5 Å². The van der Waals surface area contributed by atoms with Crippen LogP contribution in [-0.4, -0.2) is 73.6 Å². The Labute approximate surface area is 231 Å². The van der Waals surface area contributed by atoms with Crippen molar-refractivity contribution in [1.82, 2.24) is 14.9 Å². The second kappa shape index (κ2) is 13.1. The normalized spacial score (nSPS) is 16.6. The van der Waals surface area contributed by atoms with Crippen molar-refractivity contribution in [2.24, 2.45) is 0 Å². The second-order valence-corrected chi connectivity index (χ2v) is 10.8. The molecule has 0 aliphatic carbocycles. The molecule has 4 N–H and O–H groups in total. The Morgan fingerprint density at radius 2 is 1.85 bits per heavy atom. The molecule has 3 heterocycles. The lowest BCUT2D eigenvalue weighted by Crippen LogP contribution is -2.46. The number of aliphatic hydroxyl groups excluding tert-OH is 2. The van der Waals surface area contributed by atoms with E-state index in [1.165, 1.54) is 0 Å². The van der Waals surface area contributed by atoms with E-state index in [0.717, 1.165) is 39.6 Å². The van der Waals surface area contributed by atoms with E-state index in [9.17, 15) is 15.0 Å². The lowest BCUT2D eigenvalue weighted by Gasteiger charge is -2.39. The Hall–Kier alpha value is -3.41. The van der Waals surface area contributed by atoms with Crippen molar-refractivity contribution in [2.45, 2.75) is 37.6 Å². The molecule has 0 radical (unpaired) electrons. The van der Waals surface area contributed by atoms with Crippen molar-refractivity contribution in [1.29, 1.82) is 0 Å². The number of aromatic nitrogens is 2. The first kappa shape index (κ1) is 28.6. The predicted molar refractivity (Wildman–Crippen MR) is 149 cm³/mol. The van der Waals surface area contributed by atoms with Gasteiger partial charge in [-0.25, -0.2) is 9.78 Å². The summed E-state index contributed by atoms with van der Waals surface area (Å²) in [6, 6.07) is 17.9. The van der Waals surface area contributed by atoms with E-state index in [2.05, 4.69) is 14.9 Å². The van der Waals surface area contributed by atoms with Crippen LogP contribution in [0.3, 0.4) is 0 Å². The number of aryl methyl sites for hydroxylation is 1. The van der Waals surface area contributed by atoms with Gasteiger partial charge in [0, 0.05) is 43.7 Å². The zero-order chi connectivity index (χ0) is 27.8. The lowest BCUT2D eigenvalue weighted by molar-refractivity contribution is -0.146. The molecule has 1 saturated heterocycles. The number of piperidine rings is 1. The molecule has 0 amide bonds. The summed E-state index contributed by atoms with van der Waals surface area (Å²) in [7, 11) is 0. The van der Waals surface area contributed by atoms with Crippen molar-refractivity contribution >= 4 is 27.5 Å². The maximum absolute atomic E-state index is 10.9. The van der Waals surface area contributed by atoms with Gasteiger partial charge in [0.25, 0.3) is 0 Å². The largest absolute Gasteiger partial charge is 0.491 e. The molecular weight excluding hydrogens is 518 g/mol. The van der Waals surface area contributed by atoms with Crippen LogP contribution in [0.25, 0.3) is 10.2 Å². The molecule has 2 aromatic carbocycles. The van der Waals surface area contributed by atoms with Gasteiger partial charge in [-0.1, -0.05) is 36.4 Å². The van der Waals surface area contributed by atoms with E-state index in [4.69, 9.17) is 14.9 Å². The van der Waals surface area contributed by atoms with Crippen LogP contribution in [0, 0.1) is 6.92 Å². The minimum absolute atomic E-state index is 0.234. The van der Waals surface area contributed by atoms with Gasteiger partial charge in [-0.2, -0.15) is 0 Å². The summed E-state index contributed by atoms with van der Waals surface area (Å²) in [6.07, 6.45) is 2.72. The Morgan fingerprint density at radius 1 is 1.10 bits per heavy atom. The number of pyridine rings is 1. The van der Waals surface area contributed by atoms with Crippen LogP contribution in [0.4, 0.5) is 0 Å². The maximum Gasteiger partial charge on any atom is 0.337 e. The number of thiazole rings is 1. The Bertz CT molecular complexity index is 1340. The number of β-amino-alcohol motifs (C(OH)–C–C–N with tert-alkyl or cyclic N) is 1. The number of nitrogens with zero attached hydrogens (tertiary/aromatic N) is 3. The van der Waals surface area contributed by atoms with Gasteiger partial charge in [-0.15, -0.1) is 11.3 Å². The van der Waals surface area contributed by atoms with E-state index in [1.807, 2.05) is 37.3 Å². The molecule has 0 bridgehead atoms. The summed E-state index contributed by atoms with van der Waals surface area (Å²) < 4.78 is 6.91. The first-order valence-corrected chi connectivity index (χ1v) is 13.5. The summed E-state index contributed by atoms with van der Waals surface area (Å²) in [5.74, 6) is -0.502. The van der Waals surface area contributed by atoms with E-state index >= 15 is 0 Å². The number of carbonyl (C=O) groups is 1. The van der Waals surface area contributed by atoms with Crippen LogP contribution >= 0.6 is 11.3 Å². The molecule has 4 aromatic rings. The summed E-state index contributed by atoms with van der Waals surface area (Å²) in [5, 5.41) is 39.7. The Morgan fingerprint density at radius 3 is 2.51 bits per heavy atom. The third kappa shape index (κ3) is 7.81. The summed E-state index contributed by atoms with van der Waals surface area (Å²) in [4.78, 5) is 21.0. The first-order valence-electron chi connectivity index (χ1n) is 12.7. The van der Waals surface area contributed by atoms with Crippen molar-refractivity contribution < 1.29 is 30.0 Å². The average molecular weight is 552 g/mol. The highest BCUT2D eigenvalue weighted by atomic mass is 32.1. The molecule has 1 aliphatic rings. The molecule has 2 atom stereocenters. The fourth-order valence-electron chi connectivity index (χ4n) is 4.47. The topological polar surface area (TPSA) is 136 Å². The molecule has 0 saturated carbocycles. The summed E-state index contributed by atoms with van der Waals surface area (Å²) >= 11 is 1.66. The highest BCUT2D eigenvalue weighted by Crippen LogP contribution is 2.32. The van der Waals surface area contributed by atoms with E-state index in [-0.39, 0.29) is 6.61 Å². The van der Waals surface area contributed by atoms with Gasteiger partial charge in [0.05, 0.1) is 20.8 Å². The van der Waals surface area contributed by atoms with E-state index in [1.54, 1.807) is 54.1 Å². The number of aliphatic carboxylic acids is 1. The zero-order valence-electron chi connectivity index (χ0n) is 21.7. The van der Waals surface area contributed by atoms with Crippen LogP contribution in [0.2, 0.25) is 0 Å². The highest BCUT2D eigenvalue weighted by Gasteiger charge is 2.34. The number of carboxylic acids is 1. The highest BCUT2D eigenvalue weighted by molar-refractivity contribution is 7.18. The third-order valence-electron chi connectivity index (χ3n) is 6.61. The van der Waals surface area contributed by atoms with Crippen molar-refractivity contribution in [2.75, 3.05) is 26.2 Å². The number of ether oxygens (including phenoxy) is 1. The fraction of sp³-hybridized carbons (Fsp3) is 0.345. The number of hydrogen-bond donors (Lipinski definition) is 4. The predicted octanol–water partition coefficient (Wildman–Crippen LogP) is 3.53. The molecule has 39 heavy (non-hydrogen) atoms. The van der Waals surface area contributed by atoms with Crippen LogP contribution < -0.4 is 4.74 Å². The fourth-order valence-corrected chi connectivity index (χ4v) is 5.27. The number of carboxylic acid groups (broad SMARTS) is 1. The SMILES string of the molecule is Cc1nc2cc(OCC(O)CN3CCC(O)(c4cccnc4)CC3)ccc2s1.O=C(O)C(O)c1ccccc1.